The summed E-state index contributed by atoms with van der Waals surface area (Å²) in [6.45, 7) is 5.00. The van der Waals surface area contributed by atoms with Gasteiger partial charge in [0.1, 0.15) is 0 Å². The van der Waals surface area contributed by atoms with Crippen LogP contribution in [-0.4, -0.2) is 54.3 Å². The van der Waals surface area contributed by atoms with Gasteiger partial charge in [-0.3, -0.25) is 14.5 Å². The molecule has 0 unspecified atom stereocenters. The second kappa shape index (κ2) is 8.47. The van der Waals surface area contributed by atoms with Crippen LogP contribution in [0.2, 0.25) is 0 Å². The Morgan fingerprint density at radius 3 is 2.38 bits per heavy atom. The van der Waals surface area contributed by atoms with Crippen molar-refractivity contribution in [2.45, 2.75) is 6.92 Å². The molecule has 26 heavy (non-hydrogen) atoms. The molecule has 0 radical (unpaired) electrons. The van der Waals surface area contributed by atoms with Gasteiger partial charge in [-0.2, -0.15) is 0 Å². The Balaban J connectivity index is 1.48. The van der Waals surface area contributed by atoms with E-state index in [9.17, 15) is 9.59 Å². The van der Waals surface area contributed by atoms with Gasteiger partial charge in [-0.1, -0.05) is 34.1 Å². The zero-order valence-electron chi connectivity index (χ0n) is 14.7. The highest BCUT2D eigenvalue weighted by molar-refractivity contribution is 9.10. The van der Waals surface area contributed by atoms with E-state index >= 15 is 0 Å². The lowest BCUT2D eigenvalue weighted by atomic mass is 10.2. The molecule has 1 fully saturated rings. The Bertz CT molecular complexity index is 787. The number of hydrogen-bond donors (Lipinski definition) is 1. The molecule has 3 rings (SSSR count). The van der Waals surface area contributed by atoms with Crippen molar-refractivity contribution in [3.8, 4) is 0 Å². The fourth-order valence-corrected chi connectivity index (χ4v) is 3.25. The molecule has 0 atom stereocenters. The van der Waals surface area contributed by atoms with Crippen LogP contribution in [-0.2, 0) is 4.79 Å². The number of hydrogen-bond acceptors (Lipinski definition) is 3. The van der Waals surface area contributed by atoms with Crippen LogP contribution in [0.5, 0.6) is 0 Å². The number of carbonyl (C=O) groups excluding carboxylic acids is 2. The molecule has 0 bridgehead atoms. The molecule has 136 valence electrons. The number of piperazine rings is 1. The molecule has 6 heteroatoms. The predicted molar refractivity (Wildman–Crippen MR) is 106 cm³/mol. The Kier molecular flexibility index (Phi) is 6.06. The maximum Gasteiger partial charge on any atom is 0.253 e. The number of amides is 2. The Morgan fingerprint density at radius 2 is 1.73 bits per heavy atom. The molecule has 0 aromatic heterocycles. The summed E-state index contributed by atoms with van der Waals surface area (Å²) in [5.74, 6) is 0.0228. The van der Waals surface area contributed by atoms with Gasteiger partial charge in [0.25, 0.3) is 5.91 Å². The van der Waals surface area contributed by atoms with Crippen LogP contribution in [0.1, 0.15) is 15.9 Å². The van der Waals surface area contributed by atoms with E-state index in [4.69, 9.17) is 0 Å². The molecule has 1 heterocycles. The van der Waals surface area contributed by atoms with Crippen molar-refractivity contribution in [3.63, 3.8) is 0 Å². The molecule has 1 saturated heterocycles. The van der Waals surface area contributed by atoms with E-state index in [0.29, 0.717) is 38.3 Å². The molecule has 5 nitrogen and oxygen atoms in total. The van der Waals surface area contributed by atoms with Crippen LogP contribution < -0.4 is 5.32 Å². The highest BCUT2D eigenvalue weighted by Crippen LogP contribution is 2.20. The molecule has 1 aliphatic heterocycles. The molecule has 1 N–H and O–H groups in total. The van der Waals surface area contributed by atoms with Crippen molar-refractivity contribution in [1.29, 1.82) is 0 Å². The molecule has 0 saturated carbocycles. The first-order chi connectivity index (χ1) is 12.5. The topological polar surface area (TPSA) is 52.7 Å². The standard InChI is InChI=1S/C20H22BrN3O2/c1-15-13-17(7-8-18(15)21)22-19(25)14-23-9-11-24(12-10-23)20(26)16-5-3-2-4-6-16/h2-8,13H,9-12,14H2,1H3,(H,22,25). The van der Waals surface area contributed by atoms with E-state index < -0.39 is 0 Å². The first-order valence-electron chi connectivity index (χ1n) is 8.65. The summed E-state index contributed by atoms with van der Waals surface area (Å²) in [6.07, 6.45) is 0. The maximum atomic E-state index is 12.5. The monoisotopic (exact) mass is 415 g/mol. The molecule has 2 amide bonds. The highest BCUT2D eigenvalue weighted by Gasteiger charge is 2.23. The van der Waals surface area contributed by atoms with Gasteiger partial charge in [-0.25, -0.2) is 0 Å². The lowest BCUT2D eigenvalue weighted by molar-refractivity contribution is -0.117. The fraction of sp³-hybridized carbons (Fsp3) is 0.300. The van der Waals surface area contributed by atoms with E-state index in [2.05, 4.69) is 26.1 Å². The molecule has 2 aromatic carbocycles. The van der Waals surface area contributed by atoms with E-state index in [1.54, 1.807) is 0 Å². The summed E-state index contributed by atoms with van der Waals surface area (Å²) in [5.41, 5.74) is 2.59. The summed E-state index contributed by atoms with van der Waals surface area (Å²) in [4.78, 5) is 28.7. The fourth-order valence-electron chi connectivity index (χ4n) is 3.00. The van der Waals surface area contributed by atoms with Gasteiger partial charge < -0.3 is 10.2 Å². The largest absolute Gasteiger partial charge is 0.336 e. The van der Waals surface area contributed by atoms with E-state index in [1.807, 2.05) is 60.4 Å². The normalized spacial score (nSPS) is 14.9. The molecular weight excluding hydrogens is 394 g/mol. The lowest BCUT2D eigenvalue weighted by Crippen LogP contribution is -2.50. The summed E-state index contributed by atoms with van der Waals surface area (Å²) >= 11 is 3.46. The smallest absolute Gasteiger partial charge is 0.253 e. The summed E-state index contributed by atoms with van der Waals surface area (Å²) in [6, 6.07) is 15.1. The van der Waals surface area contributed by atoms with Crippen LogP contribution >= 0.6 is 15.9 Å². The van der Waals surface area contributed by atoms with Gasteiger partial charge in [0.05, 0.1) is 6.54 Å². The SMILES string of the molecule is Cc1cc(NC(=O)CN2CCN(C(=O)c3ccccc3)CC2)ccc1Br. The van der Waals surface area contributed by atoms with Gasteiger partial charge in [0.15, 0.2) is 0 Å². The Hall–Kier alpha value is -2.18. The first kappa shape index (κ1) is 18.6. The van der Waals surface area contributed by atoms with Crippen LogP contribution in [0.4, 0.5) is 5.69 Å². The third kappa shape index (κ3) is 4.71. The summed E-state index contributed by atoms with van der Waals surface area (Å²) < 4.78 is 1.02. The van der Waals surface area contributed by atoms with E-state index in [0.717, 1.165) is 15.7 Å². The van der Waals surface area contributed by atoms with Gasteiger partial charge in [0, 0.05) is 41.9 Å². The van der Waals surface area contributed by atoms with Gasteiger partial charge >= 0.3 is 0 Å². The number of nitrogens with one attached hydrogen (secondary N) is 1. The Labute approximate surface area is 162 Å². The first-order valence-corrected chi connectivity index (χ1v) is 9.45. The molecule has 1 aliphatic rings. The minimum Gasteiger partial charge on any atom is -0.336 e. The van der Waals surface area contributed by atoms with Crippen LogP contribution in [0.15, 0.2) is 53.0 Å². The van der Waals surface area contributed by atoms with E-state index in [1.165, 1.54) is 0 Å². The molecular formula is C20H22BrN3O2. The number of halogens is 1. The summed E-state index contributed by atoms with van der Waals surface area (Å²) in [5, 5.41) is 2.94. The molecule has 0 aliphatic carbocycles. The van der Waals surface area contributed by atoms with Crippen LogP contribution in [0.3, 0.4) is 0 Å². The van der Waals surface area contributed by atoms with Crippen LogP contribution in [0.25, 0.3) is 0 Å². The van der Waals surface area contributed by atoms with Crippen molar-refractivity contribution >= 4 is 33.4 Å². The van der Waals surface area contributed by atoms with Gasteiger partial charge in [-0.05, 0) is 42.8 Å². The van der Waals surface area contributed by atoms with Crippen molar-refractivity contribution in [1.82, 2.24) is 9.80 Å². The number of aryl methyl sites for hydroxylation is 1. The van der Waals surface area contributed by atoms with Crippen molar-refractivity contribution < 1.29 is 9.59 Å². The summed E-state index contributed by atoms with van der Waals surface area (Å²) in [7, 11) is 0. The van der Waals surface area contributed by atoms with Crippen molar-refractivity contribution in [3.05, 3.63) is 64.1 Å². The lowest BCUT2D eigenvalue weighted by Gasteiger charge is -2.34. The zero-order valence-corrected chi connectivity index (χ0v) is 16.3. The minimum absolute atomic E-state index is 0.0328. The number of benzene rings is 2. The van der Waals surface area contributed by atoms with Crippen LogP contribution in [0, 0.1) is 6.92 Å². The van der Waals surface area contributed by atoms with Gasteiger partial charge in [0.2, 0.25) is 5.91 Å². The zero-order chi connectivity index (χ0) is 18.5. The number of nitrogens with zero attached hydrogens (tertiary/aromatic N) is 2. The predicted octanol–water partition coefficient (Wildman–Crippen LogP) is 3.15. The quantitative estimate of drug-likeness (QED) is 0.833. The minimum atomic E-state index is -0.0328. The number of anilines is 1. The molecule has 2 aromatic rings. The van der Waals surface area contributed by atoms with Crippen molar-refractivity contribution in [2.75, 3.05) is 38.0 Å². The highest BCUT2D eigenvalue weighted by atomic mass is 79.9. The number of carbonyl (C=O) groups is 2. The van der Waals surface area contributed by atoms with E-state index in [-0.39, 0.29) is 11.8 Å². The average Bonchev–Trinajstić information content (AvgIpc) is 2.65. The Morgan fingerprint density at radius 1 is 1.04 bits per heavy atom. The number of rotatable bonds is 4. The average molecular weight is 416 g/mol. The second-order valence-corrected chi connectivity index (χ2v) is 7.30. The third-order valence-corrected chi connectivity index (χ3v) is 5.38. The molecule has 0 spiro atoms. The van der Waals surface area contributed by atoms with Crippen molar-refractivity contribution in [2.24, 2.45) is 0 Å². The second-order valence-electron chi connectivity index (χ2n) is 6.45. The third-order valence-electron chi connectivity index (χ3n) is 4.49. The maximum absolute atomic E-state index is 12.5. The van der Waals surface area contributed by atoms with Gasteiger partial charge in [-0.15, -0.1) is 0 Å².